The van der Waals surface area contributed by atoms with Crippen molar-refractivity contribution in [2.45, 2.75) is 80.4 Å². The van der Waals surface area contributed by atoms with Crippen LogP contribution in [0.1, 0.15) is 33.1 Å². The van der Waals surface area contributed by atoms with Crippen molar-refractivity contribution in [3.8, 4) is 0 Å². The second kappa shape index (κ2) is 12.8. The van der Waals surface area contributed by atoms with Gasteiger partial charge in [-0.3, -0.25) is 14.2 Å². The third-order valence-electron chi connectivity index (χ3n) is 6.07. The minimum atomic E-state index is -5.40. The van der Waals surface area contributed by atoms with Crippen molar-refractivity contribution in [3.05, 3.63) is 0 Å². The molecule has 13 nitrogen and oxygen atoms in total. The summed E-state index contributed by atoms with van der Waals surface area (Å²) in [6, 6.07) is -1.34. The minimum Gasteiger partial charge on any atom is -0.388 e. The van der Waals surface area contributed by atoms with Gasteiger partial charge in [-0.05, 0) is 39.0 Å². The first kappa shape index (κ1) is 31.4. The van der Waals surface area contributed by atoms with E-state index in [4.69, 9.17) is 30.6 Å². The molecule has 0 aromatic rings. The zero-order chi connectivity index (χ0) is 26.7. The molecule has 0 saturated carbocycles. The van der Waals surface area contributed by atoms with E-state index in [2.05, 4.69) is 16.6 Å². The lowest BCUT2D eigenvalue weighted by atomic mass is 9.92. The zero-order valence-electron chi connectivity index (χ0n) is 19.8. The first-order chi connectivity index (χ1) is 16.1. The summed E-state index contributed by atoms with van der Waals surface area (Å²) >= 11 is 7.27. The Labute approximate surface area is 213 Å². The Morgan fingerprint density at radius 1 is 1.29 bits per heavy atom. The molecule has 1 amide bonds. The number of carbonyl (C=O) groups excluding carboxylic acids is 1. The number of alkyl halides is 1. The van der Waals surface area contributed by atoms with Gasteiger partial charge in [0.1, 0.15) is 29.9 Å². The van der Waals surface area contributed by atoms with E-state index < -0.39 is 63.0 Å². The molecule has 2 heterocycles. The second-order valence-electron chi connectivity index (χ2n) is 8.85. The van der Waals surface area contributed by atoms with Gasteiger partial charge in [-0.1, -0.05) is 13.3 Å². The molecule has 0 radical (unpaired) electrons. The van der Waals surface area contributed by atoms with Crippen molar-refractivity contribution < 1.29 is 52.4 Å². The number of phosphoric ester groups is 1. The highest BCUT2D eigenvalue weighted by Gasteiger charge is 2.52. The van der Waals surface area contributed by atoms with Crippen LogP contribution in [0, 0.1) is 5.92 Å². The van der Waals surface area contributed by atoms with Gasteiger partial charge in [-0.25, -0.2) is 9.13 Å². The number of aliphatic hydroxyl groups excluding tert-OH is 2. The number of carbonyl (C=O) groups is 1. The average Bonchev–Trinajstić information content (AvgIpc) is 3.08. The highest BCUT2D eigenvalue weighted by molar-refractivity contribution is 7.99. The monoisotopic (exact) mass is 584 g/mol. The van der Waals surface area contributed by atoms with Crippen molar-refractivity contribution in [3.63, 3.8) is 0 Å². The van der Waals surface area contributed by atoms with Crippen LogP contribution in [0.4, 0.5) is 0 Å². The smallest absolute Gasteiger partial charge is 0.388 e. The fraction of sp³-hybridized carbons (Fsp3) is 0.944. The van der Waals surface area contributed by atoms with Crippen molar-refractivity contribution in [2.24, 2.45) is 5.92 Å². The van der Waals surface area contributed by atoms with Gasteiger partial charge >= 0.3 is 15.6 Å². The molecule has 1 unspecified atom stereocenters. The summed E-state index contributed by atoms with van der Waals surface area (Å²) in [6.45, 7) is 4.44. The van der Waals surface area contributed by atoms with E-state index in [1.807, 2.05) is 11.9 Å². The Morgan fingerprint density at radius 2 is 1.91 bits per heavy atom. The van der Waals surface area contributed by atoms with E-state index in [0.29, 0.717) is 12.3 Å². The number of halogens is 1. The lowest BCUT2D eigenvalue weighted by molar-refractivity contribution is -0.201. The van der Waals surface area contributed by atoms with Gasteiger partial charge in [0.15, 0.2) is 0 Å². The molecule has 2 aliphatic heterocycles. The first-order valence-corrected chi connectivity index (χ1v) is 15.8. The number of phosphoric acid groups is 2. The average molecular weight is 585 g/mol. The highest BCUT2D eigenvalue weighted by Crippen LogP contribution is 2.59. The summed E-state index contributed by atoms with van der Waals surface area (Å²) in [7, 11) is -8.89. The number of nitrogens with zero attached hydrogens (tertiary/aromatic N) is 1. The quantitative estimate of drug-likeness (QED) is 0.146. The summed E-state index contributed by atoms with van der Waals surface area (Å²) in [6.07, 6.45) is -2.30. The summed E-state index contributed by atoms with van der Waals surface area (Å²) in [4.78, 5) is 42.3. The van der Waals surface area contributed by atoms with Crippen LogP contribution < -0.4 is 5.32 Å². The van der Waals surface area contributed by atoms with Crippen molar-refractivity contribution >= 4 is 44.9 Å². The van der Waals surface area contributed by atoms with Gasteiger partial charge in [-0.2, -0.15) is 4.31 Å². The van der Waals surface area contributed by atoms with Gasteiger partial charge in [0.25, 0.3) is 0 Å². The van der Waals surface area contributed by atoms with Crippen LogP contribution >= 0.6 is 39.0 Å². The van der Waals surface area contributed by atoms with Crippen LogP contribution in [0.15, 0.2) is 0 Å². The van der Waals surface area contributed by atoms with E-state index in [1.54, 1.807) is 6.92 Å². The third kappa shape index (κ3) is 8.61. The molecule has 35 heavy (non-hydrogen) atoms. The number of nitrogens with one attached hydrogen (secondary N) is 1. The molecule has 2 saturated heterocycles. The molecule has 0 spiro atoms. The molecule has 0 aromatic carbocycles. The molecule has 2 rings (SSSR count). The summed E-state index contributed by atoms with van der Waals surface area (Å²) in [5, 5.41) is 23.5. The third-order valence-corrected chi connectivity index (χ3v) is 9.37. The molecule has 0 aliphatic carbocycles. The molecule has 6 N–H and O–H groups in total. The highest BCUT2D eigenvalue weighted by atomic mass is 35.5. The number of likely N-dealkylation sites (N-methyl/N-ethyl adjacent to an activating group) is 1. The molecule has 2 fully saturated rings. The summed E-state index contributed by atoms with van der Waals surface area (Å²) in [5.41, 5.74) is -1.18. The number of amides is 1. The topological polar surface area (TPSA) is 195 Å². The molecule has 17 heteroatoms. The molecular formula is C18H35ClN2O11P2S. The molecule has 0 aromatic heterocycles. The molecular weight excluding hydrogens is 550 g/mol. The Balaban J connectivity index is 2.17. The second-order valence-corrected chi connectivity index (χ2v) is 13.3. The van der Waals surface area contributed by atoms with Gasteiger partial charge in [0.2, 0.25) is 5.91 Å². The summed E-state index contributed by atoms with van der Waals surface area (Å²) < 4.78 is 37.3. The van der Waals surface area contributed by atoms with E-state index >= 15 is 0 Å². The van der Waals surface area contributed by atoms with Crippen LogP contribution in [-0.2, 0) is 27.5 Å². The Bertz CT molecular complexity index is 819. The maximum atomic E-state index is 13.1. The van der Waals surface area contributed by atoms with E-state index in [0.717, 1.165) is 31.1 Å². The number of likely N-dealkylation sites (tertiary alicyclic amines) is 1. The van der Waals surface area contributed by atoms with Gasteiger partial charge in [-0.15, -0.1) is 23.4 Å². The van der Waals surface area contributed by atoms with E-state index in [-0.39, 0.29) is 5.91 Å². The molecule has 10 atom stereocenters. The lowest BCUT2D eigenvalue weighted by Gasteiger charge is -2.45. The SMILES string of the molecule is CCC[C@@H]1C[C@@H](C(=O)N[C@@H]([C@H]2O[C@H](SC)[C@H](OP(=O)(O)OP(=O)(O)O)[C@@H](O)[C@H]2O)[C@H](C)Cl)N(C)C1. The Morgan fingerprint density at radius 3 is 2.43 bits per heavy atom. The number of rotatable bonds is 11. The molecule has 206 valence electrons. The largest absolute Gasteiger partial charge is 0.481 e. The van der Waals surface area contributed by atoms with Crippen molar-refractivity contribution in [1.82, 2.24) is 10.2 Å². The number of hydrogen-bond donors (Lipinski definition) is 6. The standard InChI is InChI=1S/C18H35ClN2O11P2S/c1-5-6-10-7-11(21(3)8-10)17(24)20-12(9(2)19)15-13(22)14(23)16(18(30-15)35-4)31-34(28,29)32-33(25,26)27/h9-16,18,22-23H,5-8H2,1-4H3,(H,20,24)(H,28,29)(H2,25,26,27)/t9-,10+,11-,12+,13+,14-,15+,16+,18+/m0/s1. The first-order valence-electron chi connectivity index (χ1n) is 11.1. The predicted octanol–water partition coefficient (Wildman–Crippen LogP) is 0.623. The van der Waals surface area contributed by atoms with Crippen LogP contribution in [0.25, 0.3) is 0 Å². The van der Waals surface area contributed by atoms with Gasteiger partial charge < -0.3 is 34.9 Å². The number of hydrogen-bond acceptors (Lipinski definition) is 10. The van der Waals surface area contributed by atoms with Crippen LogP contribution in [0.3, 0.4) is 0 Å². The van der Waals surface area contributed by atoms with Crippen LogP contribution in [-0.4, -0.2) is 103 Å². The van der Waals surface area contributed by atoms with Crippen LogP contribution in [0.5, 0.6) is 0 Å². The summed E-state index contributed by atoms with van der Waals surface area (Å²) in [5.74, 6) is 0.0807. The maximum absolute atomic E-state index is 13.1. The minimum absolute atomic E-state index is 0.303. The van der Waals surface area contributed by atoms with Gasteiger partial charge in [0.05, 0.1) is 17.5 Å². The maximum Gasteiger partial charge on any atom is 0.481 e. The molecule has 2 aliphatic rings. The molecule has 0 bridgehead atoms. The van der Waals surface area contributed by atoms with Crippen molar-refractivity contribution in [2.75, 3.05) is 19.8 Å². The predicted molar refractivity (Wildman–Crippen MR) is 129 cm³/mol. The van der Waals surface area contributed by atoms with E-state index in [9.17, 15) is 29.0 Å². The lowest BCUT2D eigenvalue weighted by Crippen LogP contribution is -2.65. The fourth-order valence-corrected chi connectivity index (χ4v) is 7.30. The normalized spacial score (nSPS) is 35.9. The van der Waals surface area contributed by atoms with Gasteiger partial charge in [0, 0.05) is 6.54 Å². The Kier molecular flexibility index (Phi) is 11.5. The van der Waals surface area contributed by atoms with Crippen molar-refractivity contribution in [1.29, 1.82) is 0 Å². The Hall–Kier alpha value is 0.210. The number of aliphatic hydroxyl groups is 2. The number of ether oxygens (including phenoxy) is 1. The van der Waals surface area contributed by atoms with Crippen LogP contribution in [0.2, 0.25) is 0 Å². The fourth-order valence-electron chi connectivity index (χ4n) is 4.52. The number of thioether (sulfide) groups is 1. The van der Waals surface area contributed by atoms with E-state index in [1.165, 1.54) is 6.26 Å². The zero-order valence-corrected chi connectivity index (χ0v) is 23.2.